The Morgan fingerprint density at radius 2 is 0.680 bits per heavy atom. The Kier molecular flexibility index (Phi) is 17.4. The minimum atomic E-state index is -6.09. The van der Waals surface area contributed by atoms with Gasteiger partial charge in [-0.25, -0.2) is 16.8 Å². The summed E-state index contributed by atoms with van der Waals surface area (Å²) in [5, 5.41) is 0. The van der Waals surface area contributed by atoms with E-state index in [2.05, 4.69) is 151 Å². The molecule has 0 saturated heterocycles. The minimum absolute atomic E-state index is 0.0287. The van der Waals surface area contributed by atoms with Crippen LogP contribution in [0, 0.1) is 14.3 Å². The predicted octanol–water partition coefficient (Wildman–Crippen LogP) is 2.33. The van der Waals surface area contributed by atoms with Gasteiger partial charge in [-0.2, -0.15) is 26.3 Å². The fraction of sp³-hybridized carbons (Fsp3) is 0.294. The van der Waals surface area contributed by atoms with Gasteiger partial charge in [0.1, 0.15) is 0 Å². The first-order valence-electron chi connectivity index (χ1n) is 14.3. The first-order chi connectivity index (χ1) is 22.6. The maximum atomic E-state index is 10.7. The summed E-state index contributed by atoms with van der Waals surface area (Å²) in [6, 6.07) is 39.4. The normalized spacial score (nSPS) is 12.3. The van der Waals surface area contributed by atoms with Crippen LogP contribution in [-0.2, 0) is 31.1 Å². The van der Waals surface area contributed by atoms with Crippen molar-refractivity contribution in [3.63, 3.8) is 0 Å². The lowest BCUT2D eigenvalue weighted by atomic mass is 9.87. The molecule has 0 saturated carbocycles. The topological polar surface area (TPSA) is 114 Å². The molecule has 0 aliphatic rings. The Morgan fingerprint density at radius 3 is 0.920 bits per heavy atom. The molecule has 50 heavy (non-hydrogen) atoms. The zero-order valence-electron chi connectivity index (χ0n) is 27.7. The first kappa shape index (κ1) is 45.8. The molecule has 0 N–H and O–H groups in total. The van der Waals surface area contributed by atoms with Gasteiger partial charge in [0.2, 0.25) is 0 Å². The SMILES string of the molecule is CC(C)(C)c1ccccc1[I+]c1ccccc1C(C)(C)C.O=S(=O)([O-])C(F)(F)F.O=S(=O)([O-])C(F)(F)F.c1ccc([I+]c2ccccc2)cc1. The van der Waals surface area contributed by atoms with Gasteiger partial charge >= 0.3 is 53.4 Å². The van der Waals surface area contributed by atoms with E-state index in [9.17, 15) is 26.3 Å². The standard InChI is InChI=1S/C20H26I.C12H10I.2CHF3O3S/c1-19(2,3)15-11-7-9-13-17(15)21-18-14-10-8-12-16(18)20(4,5)6;1-3-7-11(8-4-1)13-12-9-5-2-6-10-12;2*2-1(3,4)8(5,6)7/h7-14H,1-6H3;1-10H;2*(H,5,6,7)/q2*+1;;/p-2. The first-order valence-corrected chi connectivity index (χ1v) is 21.4. The number of halogens is 8. The summed E-state index contributed by atoms with van der Waals surface area (Å²) >= 11 is -0.118. The summed E-state index contributed by atoms with van der Waals surface area (Å²) in [5.74, 6) is 0. The van der Waals surface area contributed by atoms with Gasteiger partial charge in [0.15, 0.2) is 34.5 Å². The number of rotatable bonds is 4. The van der Waals surface area contributed by atoms with E-state index in [1.54, 1.807) is 7.14 Å². The molecular weight excluding hydrogens is 936 g/mol. The third kappa shape index (κ3) is 16.8. The molecule has 0 unspecified atom stereocenters. The van der Waals surface area contributed by atoms with Gasteiger partial charge < -0.3 is 9.11 Å². The van der Waals surface area contributed by atoms with Crippen molar-refractivity contribution in [2.24, 2.45) is 0 Å². The Hall–Kier alpha value is -2.26. The molecule has 0 bridgehead atoms. The van der Waals surface area contributed by atoms with E-state index in [4.69, 9.17) is 25.9 Å². The van der Waals surface area contributed by atoms with E-state index in [1.807, 2.05) is 0 Å². The molecule has 276 valence electrons. The van der Waals surface area contributed by atoms with Gasteiger partial charge in [0.05, 0.1) is 0 Å². The molecule has 4 aromatic carbocycles. The van der Waals surface area contributed by atoms with E-state index < -0.39 is 31.3 Å². The van der Waals surface area contributed by atoms with Crippen LogP contribution in [0.2, 0.25) is 0 Å². The second kappa shape index (κ2) is 19.0. The molecule has 16 heteroatoms. The average molecular weight is 973 g/mol. The molecule has 0 spiro atoms. The molecule has 0 amide bonds. The summed E-state index contributed by atoms with van der Waals surface area (Å²) in [6.45, 7) is 13.9. The molecule has 0 atom stereocenters. The molecule has 0 aliphatic carbocycles. The highest BCUT2D eigenvalue weighted by Gasteiger charge is 2.37. The second-order valence-corrected chi connectivity index (χ2v) is 20.7. The minimum Gasteiger partial charge on any atom is -0.741 e. The zero-order valence-corrected chi connectivity index (χ0v) is 33.6. The van der Waals surface area contributed by atoms with Crippen molar-refractivity contribution in [3.8, 4) is 0 Å². The number of hydrogen-bond donors (Lipinski definition) is 0. The van der Waals surface area contributed by atoms with Crippen LogP contribution in [0.3, 0.4) is 0 Å². The smallest absolute Gasteiger partial charge is 0.485 e. The fourth-order valence-corrected chi connectivity index (χ4v) is 9.72. The van der Waals surface area contributed by atoms with Crippen LogP contribution < -0.4 is 42.4 Å². The van der Waals surface area contributed by atoms with Gasteiger partial charge in [0, 0.05) is 11.1 Å². The highest BCUT2D eigenvalue weighted by Crippen LogP contribution is 2.24. The van der Waals surface area contributed by atoms with Gasteiger partial charge in [-0.15, -0.1) is 0 Å². The summed E-state index contributed by atoms with van der Waals surface area (Å²) in [7, 11) is -12.2. The van der Waals surface area contributed by atoms with Gasteiger partial charge in [-0.05, 0) is 47.2 Å². The molecule has 0 radical (unpaired) electrons. The van der Waals surface area contributed by atoms with Crippen molar-refractivity contribution in [2.75, 3.05) is 0 Å². The molecule has 6 nitrogen and oxygen atoms in total. The second-order valence-electron chi connectivity index (χ2n) is 12.0. The third-order valence-corrected chi connectivity index (χ3v) is 12.7. The summed E-state index contributed by atoms with van der Waals surface area (Å²) in [6.07, 6.45) is 0. The van der Waals surface area contributed by atoms with E-state index >= 15 is 0 Å². The quantitative estimate of drug-likeness (QED) is 0.135. The van der Waals surface area contributed by atoms with Crippen LogP contribution in [0.5, 0.6) is 0 Å². The maximum absolute atomic E-state index is 10.7. The molecule has 0 fully saturated rings. The highest BCUT2D eigenvalue weighted by molar-refractivity contribution is 7.86. The van der Waals surface area contributed by atoms with E-state index in [0.29, 0.717) is 0 Å². The molecule has 0 heterocycles. The van der Waals surface area contributed by atoms with Crippen molar-refractivity contribution in [2.45, 2.75) is 63.4 Å². The van der Waals surface area contributed by atoms with Gasteiger partial charge in [-0.3, -0.25) is 0 Å². The summed E-state index contributed by atoms with van der Waals surface area (Å²) < 4.78 is 124. The van der Waals surface area contributed by atoms with Crippen LogP contribution in [0.15, 0.2) is 109 Å². The van der Waals surface area contributed by atoms with Crippen LogP contribution in [0.1, 0.15) is 52.7 Å². The molecule has 4 rings (SSSR count). The zero-order chi connectivity index (χ0) is 38.6. The van der Waals surface area contributed by atoms with Crippen molar-refractivity contribution in [3.05, 3.63) is 135 Å². The number of benzene rings is 4. The average Bonchev–Trinajstić information content (AvgIpc) is 2.97. The van der Waals surface area contributed by atoms with Crippen molar-refractivity contribution in [1.29, 1.82) is 0 Å². The monoisotopic (exact) mass is 972 g/mol. The summed E-state index contributed by atoms with van der Waals surface area (Å²) in [5.41, 5.74) is -7.86. The highest BCUT2D eigenvalue weighted by atomic mass is 127. The van der Waals surface area contributed by atoms with E-state index in [0.717, 1.165) is 0 Å². The summed E-state index contributed by atoms with van der Waals surface area (Å²) in [4.78, 5) is 0. The Morgan fingerprint density at radius 1 is 0.440 bits per heavy atom. The van der Waals surface area contributed by atoms with E-state index in [-0.39, 0.29) is 53.2 Å². The van der Waals surface area contributed by atoms with Crippen molar-refractivity contribution < 1.29 is 94.7 Å². The predicted molar refractivity (Wildman–Crippen MR) is 169 cm³/mol. The molecule has 0 aromatic heterocycles. The molecule has 0 aliphatic heterocycles. The molecular formula is C34H36F6I2O6S2. The lowest BCUT2D eigenvalue weighted by Crippen LogP contribution is -3.62. The number of alkyl halides is 6. The van der Waals surface area contributed by atoms with Gasteiger partial charge in [-0.1, -0.05) is 114 Å². The Bertz CT molecular complexity index is 1700. The van der Waals surface area contributed by atoms with Crippen molar-refractivity contribution >= 4 is 20.2 Å². The van der Waals surface area contributed by atoms with E-state index in [1.165, 1.54) is 18.3 Å². The lowest BCUT2D eigenvalue weighted by molar-refractivity contribution is -0.599. The Balaban J connectivity index is 0.000000368. The third-order valence-electron chi connectivity index (χ3n) is 5.82. The van der Waals surface area contributed by atoms with Crippen molar-refractivity contribution in [1.82, 2.24) is 0 Å². The van der Waals surface area contributed by atoms with Crippen LogP contribution in [0.4, 0.5) is 26.3 Å². The maximum Gasteiger partial charge on any atom is 0.485 e. The van der Waals surface area contributed by atoms with Gasteiger partial charge in [0.25, 0.3) is 0 Å². The Labute approximate surface area is 310 Å². The fourth-order valence-electron chi connectivity index (χ4n) is 3.49. The molecule has 4 aromatic rings. The lowest BCUT2D eigenvalue weighted by Gasteiger charge is -2.20. The van der Waals surface area contributed by atoms with Crippen LogP contribution >= 0.6 is 0 Å². The number of hydrogen-bond acceptors (Lipinski definition) is 6. The van der Waals surface area contributed by atoms with Crippen LogP contribution in [-0.4, -0.2) is 37.0 Å². The van der Waals surface area contributed by atoms with Crippen LogP contribution in [0.25, 0.3) is 0 Å². The largest absolute Gasteiger partial charge is 0.741 e.